The number of nitrogens with one attached hydrogen (secondary N) is 2. The molecule has 0 atom stereocenters. The summed E-state index contributed by atoms with van der Waals surface area (Å²) in [6, 6.07) is 13.5. The van der Waals surface area contributed by atoms with Crippen molar-refractivity contribution in [2.75, 3.05) is 5.32 Å². The van der Waals surface area contributed by atoms with Crippen LogP contribution in [0.4, 0.5) is 5.82 Å². The maximum Gasteiger partial charge on any atom is 0.140 e. The number of H-pyrrole nitrogens is 1. The predicted molar refractivity (Wildman–Crippen MR) is 95.6 cm³/mol. The van der Waals surface area contributed by atoms with E-state index in [4.69, 9.17) is 5.26 Å². The fourth-order valence-corrected chi connectivity index (χ4v) is 2.68. The van der Waals surface area contributed by atoms with Crippen LogP contribution in [0.15, 0.2) is 61.2 Å². The Balaban J connectivity index is 1.73. The van der Waals surface area contributed by atoms with E-state index in [1.165, 1.54) is 0 Å². The Morgan fingerprint density at radius 3 is 2.96 bits per heavy atom. The Morgan fingerprint density at radius 1 is 1.16 bits per heavy atom. The third-order valence-corrected chi connectivity index (χ3v) is 3.89. The fraction of sp³-hybridized carbons (Fsp3) is 0.0526. The van der Waals surface area contributed by atoms with Gasteiger partial charge in [0.25, 0.3) is 0 Å². The molecule has 4 heterocycles. The highest BCUT2D eigenvalue weighted by molar-refractivity contribution is 5.93. The molecule has 6 nitrogen and oxygen atoms in total. The summed E-state index contributed by atoms with van der Waals surface area (Å²) in [6.07, 6.45) is 7.06. The van der Waals surface area contributed by atoms with Crippen molar-refractivity contribution < 1.29 is 0 Å². The van der Waals surface area contributed by atoms with Crippen molar-refractivity contribution in [1.29, 1.82) is 5.26 Å². The SMILES string of the molecule is N#Cc1ccnc(-c2cc(NCc3cccnc3)nc3[nH]ccc23)c1. The first-order valence-corrected chi connectivity index (χ1v) is 7.81. The van der Waals surface area contributed by atoms with Crippen LogP contribution in [0.25, 0.3) is 22.3 Å². The van der Waals surface area contributed by atoms with Gasteiger partial charge >= 0.3 is 0 Å². The standard InChI is InChI=1S/C19H14N6/c20-10-13-3-6-22-17(8-13)16-9-18(25-19-15(16)4-7-23-19)24-12-14-2-1-5-21-11-14/h1-9,11H,12H2,(H2,23,24,25). The summed E-state index contributed by atoms with van der Waals surface area (Å²) in [5.74, 6) is 0.734. The van der Waals surface area contributed by atoms with E-state index < -0.39 is 0 Å². The van der Waals surface area contributed by atoms with Gasteiger partial charge in [-0.05, 0) is 35.9 Å². The van der Waals surface area contributed by atoms with Crippen molar-refractivity contribution >= 4 is 16.9 Å². The van der Waals surface area contributed by atoms with Crippen LogP contribution in [0.1, 0.15) is 11.1 Å². The van der Waals surface area contributed by atoms with Crippen LogP contribution in [0.5, 0.6) is 0 Å². The molecule has 0 spiro atoms. The van der Waals surface area contributed by atoms with Crippen molar-refractivity contribution in [2.24, 2.45) is 0 Å². The number of fused-ring (bicyclic) bond motifs is 1. The molecule has 0 unspecified atom stereocenters. The highest BCUT2D eigenvalue weighted by atomic mass is 15.0. The van der Waals surface area contributed by atoms with Crippen molar-refractivity contribution in [3.8, 4) is 17.3 Å². The average molecular weight is 326 g/mol. The monoisotopic (exact) mass is 326 g/mol. The van der Waals surface area contributed by atoms with Gasteiger partial charge in [0, 0.05) is 42.3 Å². The lowest BCUT2D eigenvalue weighted by atomic mass is 10.1. The Bertz CT molecular complexity index is 1060. The summed E-state index contributed by atoms with van der Waals surface area (Å²) in [7, 11) is 0. The predicted octanol–water partition coefficient (Wildman–Crippen LogP) is 3.50. The van der Waals surface area contributed by atoms with E-state index in [1.807, 2.05) is 36.7 Å². The Hall–Kier alpha value is -3.72. The molecule has 4 rings (SSSR count). The van der Waals surface area contributed by atoms with Gasteiger partial charge in [-0.25, -0.2) is 4.98 Å². The summed E-state index contributed by atoms with van der Waals surface area (Å²) in [4.78, 5) is 16.3. The van der Waals surface area contributed by atoms with E-state index in [1.54, 1.807) is 24.5 Å². The first-order chi connectivity index (χ1) is 12.3. The summed E-state index contributed by atoms with van der Waals surface area (Å²) in [5, 5.41) is 13.4. The van der Waals surface area contributed by atoms with Gasteiger partial charge in [0.1, 0.15) is 11.5 Å². The van der Waals surface area contributed by atoms with Gasteiger partial charge in [0.05, 0.1) is 17.3 Å². The van der Waals surface area contributed by atoms with Gasteiger partial charge < -0.3 is 10.3 Å². The average Bonchev–Trinajstić information content (AvgIpc) is 3.15. The van der Waals surface area contributed by atoms with Gasteiger partial charge in [-0.2, -0.15) is 5.26 Å². The first-order valence-electron chi connectivity index (χ1n) is 7.81. The van der Waals surface area contributed by atoms with Crippen molar-refractivity contribution in [1.82, 2.24) is 19.9 Å². The second kappa shape index (κ2) is 6.42. The molecular formula is C19H14N6. The lowest BCUT2D eigenvalue weighted by molar-refractivity contribution is 1.09. The molecule has 0 aliphatic rings. The van der Waals surface area contributed by atoms with Gasteiger partial charge in [0.15, 0.2) is 0 Å². The summed E-state index contributed by atoms with van der Waals surface area (Å²) in [6.45, 7) is 0.623. The zero-order valence-corrected chi connectivity index (χ0v) is 13.3. The van der Waals surface area contributed by atoms with E-state index in [0.717, 1.165) is 33.7 Å². The van der Waals surface area contributed by atoms with Crippen molar-refractivity contribution in [2.45, 2.75) is 6.54 Å². The zero-order valence-electron chi connectivity index (χ0n) is 13.3. The van der Waals surface area contributed by atoms with Crippen LogP contribution in [0, 0.1) is 11.3 Å². The number of aromatic amines is 1. The first kappa shape index (κ1) is 14.8. The normalized spacial score (nSPS) is 10.5. The molecule has 0 saturated carbocycles. The largest absolute Gasteiger partial charge is 0.366 e. The Labute approximate surface area is 144 Å². The molecule has 6 heteroatoms. The topological polar surface area (TPSA) is 90.3 Å². The van der Waals surface area contributed by atoms with Gasteiger partial charge in [-0.3, -0.25) is 9.97 Å². The quantitative estimate of drug-likeness (QED) is 0.599. The third-order valence-electron chi connectivity index (χ3n) is 3.89. The molecule has 0 aliphatic carbocycles. The fourth-order valence-electron chi connectivity index (χ4n) is 2.68. The van der Waals surface area contributed by atoms with Gasteiger partial charge in [0.2, 0.25) is 0 Å². The van der Waals surface area contributed by atoms with Crippen LogP contribution in [0.3, 0.4) is 0 Å². The van der Waals surface area contributed by atoms with Crippen LogP contribution >= 0.6 is 0 Å². The number of anilines is 1. The van der Waals surface area contributed by atoms with Gasteiger partial charge in [-0.15, -0.1) is 0 Å². The van der Waals surface area contributed by atoms with Crippen LogP contribution in [0.2, 0.25) is 0 Å². The maximum absolute atomic E-state index is 9.13. The lowest BCUT2D eigenvalue weighted by Gasteiger charge is -2.09. The number of nitrogens with zero attached hydrogens (tertiary/aromatic N) is 4. The number of hydrogen-bond acceptors (Lipinski definition) is 5. The number of pyridine rings is 3. The van der Waals surface area contributed by atoms with E-state index in [-0.39, 0.29) is 0 Å². The molecular weight excluding hydrogens is 312 g/mol. The zero-order chi connectivity index (χ0) is 17.1. The van der Waals surface area contributed by atoms with E-state index in [9.17, 15) is 0 Å². The van der Waals surface area contributed by atoms with Crippen LogP contribution < -0.4 is 5.32 Å². The number of rotatable bonds is 4. The maximum atomic E-state index is 9.13. The number of nitriles is 1. The minimum Gasteiger partial charge on any atom is -0.366 e. The smallest absolute Gasteiger partial charge is 0.140 e. The van der Waals surface area contributed by atoms with Crippen LogP contribution in [-0.4, -0.2) is 19.9 Å². The van der Waals surface area contributed by atoms with Gasteiger partial charge in [-0.1, -0.05) is 6.07 Å². The summed E-state index contributed by atoms with van der Waals surface area (Å²) >= 11 is 0. The summed E-state index contributed by atoms with van der Waals surface area (Å²) in [5.41, 5.74) is 4.10. The van der Waals surface area contributed by atoms with E-state index >= 15 is 0 Å². The molecule has 0 aliphatic heterocycles. The lowest BCUT2D eigenvalue weighted by Crippen LogP contribution is -2.02. The minimum absolute atomic E-state index is 0.579. The molecule has 4 aromatic rings. The number of aromatic nitrogens is 4. The van der Waals surface area contributed by atoms with Crippen molar-refractivity contribution in [3.05, 3.63) is 72.3 Å². The highest BCUT2D eigenvalue weighted by Gasteiger charge is 2.10. The molecule has 0 amide bonds. The molecule has 0 radical (unpaired) electrons. The Kier molecular flexibility index (Phi) is 3.81. The van der Waals surface area contributed by atoms with Crippen molar-refractivity contribution in [3.63, 3.8) is 0 Å². The van der Waals surface area contributed by atoms with E-state index in [2.05, 4.69) is 31.3 Å². The van der Waals surface area contributed by atoms with Crippen LogP contribution in [-0.2, 0) is 6.54 Å². The summed E-state index contributed by atoms with van der Waals surface area (Å²) < 4.78 is 0. The second-order valence-electron chi connectivity index (χ2n) is 5.55. The molecule has 4 aromatic heterocycles. The molecule has 25 heavy (non-hydrogen) atoms. The minimum atomic E-state index is 0.579. The molecule has 120 valence electrons. The van der Waals surface area contributed by atoms with E-state index in [0.29, 0.717) is 12.1 Å². The number of hydrogen-bond donors (Lipinski definition) is 2. The molecule has 0 bridgehead atoms. The third kappa shape index (κ3) is 3.03. The molecule has 0 fully saturated rings. The second-order valence-corrected chi connectivity index (χ2v) is 5.55. The molecule has 2 N–H and O–H groups in total. The Morgan fingerprint density at radius 2 is 2.12 bits per heavy atom. The molecule has 0 saturated heterocycles. The molecule has 0 aromatic carbocycles. The highest BCUT2D eigenvalue weighted by Crippen LogP contribution is 2.29.